The van der Waals surface area contributed by atoms with Gasteiger partial charge in [-0.2, -0.15) is 13.2 Å². The number of nitrogens with one attached hydrogen (secondary N) is 2. The minimum Gasteiger partial charge on any atom is -0.378 e. The first-order chi connectivity index (χ1) is 14.0. The van der Waals surface area contributed by atoms with Crippen molar-refractivity contribution in [1.82, 2.24) is 15.2 Å². The van der Waals surface area contributed by atoms with Crippen molar-refractivity contribution in [2.45, 2.75) is 19.3 Å². The fraction of sp³-hybridized carbons (Fsp3) is 0.450. The van der Waals surface area contributed by atoms with Crippen molar-refractivity contribution in [1.29, 1.82) is 0 Å². The van der Waals surface area contributed by atoms with E-state index in [0.29, 0.717) is 44.5 Å². The van der Waals surface area contributed by atoms with Gasteiger partial charge in [-0.3, -0.25) is 4.99 Å². The molecule has 2 heterocycles. The van der Waals surface area contributed by atoms with E-state index in [1.165, 1.54) is 12.1 Å². The van der Waals surface area contributed by atoms with Crippen LogP contribution in [0.1, 0.15) is 11.1 Å². The molecule has 0 bridgehead atoms. The fourth-order valence-electron chi connectivity index (χ4n) is 3.22. The molecule has 0 saturated carbocycles. The van der Waals surface area contributed by atoms with Crippen LogP contribution in [-0.2, 0) is 24.0 Å². The van der Waals surface area contributed by atoms with Crippen LogP contribution >= 0.6 is 24.0 Å². The first-order valence-corrected chi connectivity index (χ1v) is 9.55. The number of nitrogens with zero attached hydrogens (tertiary/aromatic N) is 3. The smallest absolute Gasteiger partial charge is 0.378 e. The van der Waals surface area contributed by atoms with Crippen LogP contribution in [0.5, 0.6) is 0 Å². The van der Waals surface area contributed by atoms with Crippen LogP contribution in [0.2, 0.25) is 0 Å². The maximum absolute atomic E-state index is 13.6. The minimum absolute atomic E-state index is 0. The Morgan fingerprint density at radius 2 is 1.83 bits per heavy atom. The highest BCUT2D eigenvalue weighted by Crippen LogP contribution is 2.35. The van der Waals surface area contributed by atoms with Gasteiger partial charge in [0.1, 0.15) is 0 Å². The summed E-state index contributed by atoms with van der Waals surface area (Å²) in [6, 6.07) is 8.37. The normalized spacial score (nSPS) is 14.9. The molecule has 1 fully saturated rings. The Balaban J connectivity index is 0.00000320. The van der Waals surface area contributed by atoms with Gasteiger partial charge in [-0.1, -0.05) is 6.07 Å². The molecule has 2 aromatic rings. The number of hydrogen-bond acceptors (Lipinski definition) is 3. The molecule has 0 unspecified atom stereocenters. The number of aliphatic imine (C=N–C) groups is 1. The molecule has 6 nitrogen and oxygen atoms in total. The maximum atomic E-state index is 13.6. The Hall–Kier alpha value is -1.95. The molecule has 1 aliphatic rings. The summed E-state index contributed by atoms with van der Waals surface area (Å²) in [6.07, 6.45) is -0.530. The molecule has 0 radical (unpaired) electrons. The van der Waals surface area contributed by atoms with Crippen molar-refractivity contribution in [3.8, 4) is 0 Å². The number of guanidine groups is 1. The van der Waals surface area contributed by atoms with Crippen molar-refractivity contribution in [2.24, 2.45) is 4.99 Å². The highest BCUT2D eigenvalue weighted by atomic mass is 127. The second kappa shape index (κ2) is 11.4. The van der Waals surface area contributed by atoms with E-state index < -0.39 is 11.7 Å². The van der Waals surface area contributed by atoms with E-state index in [9.17, 15) is 13.2 Å². The van der Waals surface area contributed by atoms with Gasteiger partial charge < -0.3 is 24.8 Å². The van der Waals surface area contributed by atoms with Crippen LogP contribution in [0.15, 0.2) is 47.7 Å². The molecule has 1 aliphatic heterocycles. The van der Waals surface area contributed by atoms with Gasteiger partial charge in [0.15, 0.2) is 5.96 Å². The van der Waals surface area contributed by atoms with Gasteiger partial charge in [-0.05, 0) is 29.8 Å². The van der Waals surface area contributed by atoms with E-state index in [2.05, 4.69) is 15.6 Å². The predicted molar refractivity (Wildman–Crippen MR) is 123 cm³/mol. The Kier molecular flexibility index (Phi) is 9.28. The van der Waals surface area contributed by atoms with Crippen LogP contribution in [0.4, 0.5) is 18.9 Å². The van der Waals surface area contributed by atoms with Gasteiger partial charge in [0.2, 0.25) is 0 Å². The van der Waals surface area contributed by atoms with Crippen molar-refractivity contribution in [2.75, 3.05) is 44.8 Å². The van der Waals surface area contributed by atoms with Crippen molar-refractivity contribution >= 4 is 35.6 Å². The number of alkyl halides is 3. The van der Waals surface area contributed by atoms with Gasteiger partial charge in [0, 0.05) is 57.9 Å². The molecule has 166 valence electrons. The van der Waals surface area contributed by atoms with E-state index in [1.54, 1.807) is 13.1 Å². The van der Waals surface area contributed by atoms with E-state index in [-0.39, 0.29) is 36.1 Å². The van der Waals surface area contributed by atoms with Crippen molar-refractivity contribution in [3.05, 3.63) is 53.9 Å². The average Bonchev–Trinajstić information content (AvgIpc) is 3.24. The van der Waals surface area contributed by atoms with E-state index in [4.69, 9.17) is 4.74 Å². The average molecular weight is 537 g/mol. The van der Waals surface area contributed by atoms with Crippen LogP contribution in [0.25, 0.3) is 0 Å². The first kappa shape index (κ1) is 24.3. The highest BCUT2D eigenvalue weighted by molar-refractivity contribution is 14.0. The zero-order valence-corrected chi connectivity index (χ0v) is 19.1. The Bertz CT molecular complexity index is 805. The molecule has 0 spiro atoms. The lowest BCUT2D eigenvalue weighted by Gasteiger charge is -2.29. The monoisotopic (exact) mass is 537 g/mol. The number of anilines is 1. The zero-order valence-electron chi connectivity index (χ0n) is 16.8. The lowest BCUT2D eigenvalue weighted by Crippen LogP contribution is -2.39. The zero-order chi connectivity index (χ0) is 20.7. The molecule has 3 rings (SSSR count). The number of hydrogen-bond donors (Lipinski definition) is 2. The quantitative estimate of drug-likeness (QED) is 0.338. The number of morpholine rings is 1. The molecule has 0 atom stereocenters. The number of halogens is 4. The van der Waals surface area contributed by atoms with Gasteiger partial charge in [0.25, 0.3) is 0 Å². The summed E-state index contributed by atoms with van der Waals surface area (Å²) in [5.74, 6) is 0.461. The topological polar surface area (TPSA) is 53.8 Å². The Morgan fingerprint density at radius 1 is 1.13 bits per heavy atom. The molecule has 1 aromatic heterocycles. The lowest BCUT2D eigenvalue weighted by molar-refractivity contribution is -0.138. The van der Waals surface area contributed by atoms with E-state index in [1.807, 2.05) is 34.0 Å². The van der Waals surface area contributed by atoms with Gasteiger partial charge in [-0.15, -0.1) is 24.0 Å². The van der Waals surface area contributed by atoms with Gasteiger partial charge >= 0.3 is 6.18 Å². The third-order valence-electron chi connectivity index (χ3n) is 4.77. The number of aromatic nitrogens is 1. The van der Waals surface area contributed by atoms with Crippen molar-refractivity contribution < 1.29 is 17.9 Å². The molecular weight excluding hydrogens is 510 g/mol. The third-order valence-corrected chi connectivity index (χ3v) is 4.77. The standard InChI is InChI=1S/C20H26F3N5O.HI/c1-24-19(25-6-9-27-7-2-3-8-27)26-15-16-4-5-17(14-18(16)20(21,22)23)28-10-12-29-13-11-28;/h2-5,7-8,14H,6,9-13,15H2,1H3,(H2,24,25,26);1H. The molecule has 1 saturated heterocycles. The van der Waals surface area contributed by atoms with Crippen LogP contribution in [0, 0.1) is 0 Å². The molecule has 30 heavy (non-hydrogen) atoms. The molecule has 1 aromatic carbocycles. The van der Waals surface area contributed by atoms with E-state index in [0.717, 1.165) is 6.54 Å². The molecular formula is C20H27F3IN5O. The SMILES string of the molecule is CN=C(NCCn1cccc1)NCc1ccc(N2CCOCC2)cc1C(F)(F)F.I. The molecule has 10 heteroatoms. The lowest BCUT2D eigenvalue weighted by atomic mass is 10.0. The largest absolute Gasteiger partial charge is 0.416 e. The molecule has 0 amide bonds. The summed E-state index contributed by atoms with van der Waals surface area (Å²) in [7, 11) is 1.59. The molecule has 2 N–H and O–H groups in total. The number of benzene rings is 1. The van der Waals surface area contributed by atoms with Gasteiger partial charge in [-0.25, -0.2) is 0 Å². The Morgan fingerprint density at radius 3 is 2.47 bits per heavy atom. The second-order valence-corrected chi connectivity index (χ2v) is 6.71. The minimum atomic E-state index is -4.43. The fourth-order valence-corrected chi connectivity index (χ4v) is 3.22. The molecule has 0 aliphatic carbocycles. The number of rotatable bonds is 6. The third kappa shape index (κ3) is 6.79. The highest BCUT2D eigenvalue weighted by Gasteiger charge is 2.34. The van der Waals surface area contributed by atoms with E-state index >= 15 is 0 Å². The summed E-state index contributed by atoms with van der Waals surface area (Å²) in [5, 5.41) is 6.09. The predicted octanol–water partition coefficient (Wildman–Crippen LogP) is 3.33. The van der Waals surface area contributed by atoms with Crippen molar-refractivity contribution in [3.63, 3.8) is 0 Å². The van der Waals surface area contributed by atoms with Crippen LogP contribution in [-0.4, -0.2) is 50.4 Å². The summed E-state index contributed by atoms with van der Waals surface area (Å²) in [4.78, 5) is 6.00. The summed E-state index contributed by atoms with van der Waals surface area (Å²) < 4.78 is 48.2. The Labute approximate surface area is 191 Å². The second-order valence-electron chi connectivity index (χ2n) is 6.71. The first-order valence-electron chi connectivity index (χ1n) is 9.55. The number of ether oxygens (including phenoxy) is 1. The van der Waals surface area contributed by atoms with Crippen LogP contribution in [0.3, 0.4) is 0 Å². The van der Waals surface area contributed by atoms with Gasteiger partial charge in [0.05, 0.1) is 18.8 Å². The summed E-state index contributed by atoms with van der Waals surface area (Å²) >= 11 is 0. The summed E-state index contributed by atoms with van der Waals surface area (Å²) in [5.41, 5.74) is 0.123. The maximum Gasteiger partial charge on any atom is 0.416 e. The summed E-state index contributed by atoms with van der Waals surface area (Å²) in [6.45, 7) is 3.60. The van der Waals surface area contributed by atoms with Crippen LogP contribution < -0.4 is 15.5 Å².